The highest BCUT2D eigenvalue weighted by Gasteiger charge is 2.44. The van der Waals surface area contributed by atoms with Crippen molar-refractivity contribution in [3.63, 3.8) is 0 Å². The van der Waals surface area contributed by atoms with Gasteiger partial charge >= 0.3 is 11.9 Å². The van der Waals surface area contributed by atoms with Crippen LogP contribution < -0.4 is 20.5 Å². The lowest BCUT2D eigenvalue weighted by molar-refractivity contribution is -0.208. The Balaban J connectivity index is 0.000000296. The second kappa shape index (κ2) is 58.0. The van der Waals surface area contributed by atoms with E-state index in [1.54, 1.807) is 72.8 Å². The van der Waals surface area contributed by atoms with Gasteiger partial charge in [0.05, 0.1) is 126 Å². The summed E-state index contributed by atoms with van der Waals surface area (Å²) >= 11 is 38.6. The number of hydroxylamine groups is 2. The Morgan fingerprint density at radius 1 is 0.439 bits per heavy atom. The van der Waals surface area contributed by atoms with E-state index in [2.05, 4.69) is 52.9 Å². The normalized spacial score (nSPS) is 17.4. The van der Waals surface area contributed by atoms with Crippen molar-refractivity contribution < 1.29 is 136 Å². The van der Waals surface area contributed by atoms with Crippen LogP contribution in [0.4, 0.5) is 0 Å². The van der Waals surface area contributed by atoms with E-state index in [9.17, 15) is 84.0 Å². The van der Waals surface area contributed by atoms with Gasteiger partial charge in [-0.1, -0.05) is 120 Å². The summed E-state index contributed by atoms with van der Waals surface area (Å²) in [4.78, 5) is 105. The van der Waals surface area contributed by atoms with Crippen molar-refractivity contribution >= 4 is 146 Å². The molecule has 46 heteroatoms. The molecular formula is C93H120Cl6N8O29S3. The number of rotatable bonds is 55. The largest absolute Gasteiger partial charge is 0.444 e. The number of ether oxygens (including phenoxy) is 10. The Morgan fingerprint density at radius 2 is 0.813 bits per heavy atom. The van der Waals surface area contributed by atoms with Crippen molar-refractivity contribution in [2.45, 2.75) is 141 Å². The summed E-state index contributed by atoms with van der Waals surface area (Å²) in [5.41, 5.74) is 14.0. The number of aliphatic hydroxyl groups is 4. The lowest BCUT2D eigenvalue weighted by Gasteiger charge is -2.35. The van der Waals surface area contributed by atoms with Gasteiger partial charge in [0, 0.05) is 159 Å². The molecule has 1 aliphatic carbocycles. The Kier molecular flexibility index (Phi) is 48.1. The van der Waals surface area contributed by atoms with E-state index in [0.29, 0.717) is 102 Å². The van der Waals surface area contributed by atoms with Gasteiger partial charge in [-0.25, -0.2) is 44.3 Å². The number of likely N-dealkylation sites (N-methyl/N-ethyl adjacent to an activating group) is 3. The van der Waals surface area contributed by atoms with Crippen LogP contribution in [0.2, 0.25) is 30.1 Å². The molecule has 139 heavy (non-hydrogen) atoms. The predicted molar refractivity (Wildman–Crippen MR) is 514 cm³/mol. The van der Waals surface area contributed by atoms with Gasteiger partial charge in [-0.2, -0.15) is 0 Å². The quantitative estimate of drug-likeness (QED) is 0.00854. The fourth-order valence-electron chi connectivity index (χ4n) is 15.5. The molecule has 2 fully saturated rings. The summed E-state index contributed by atoms with van der Waals surface area (Å²) < 4.78 is 137. The van der Waals surface area contributed by atoms with Gasteiger partial charge in [0.2, 0.25) is 26.2 Å². The molecule has 3 amide bonds. The molecule has 11 rings (SSSR count). The molecular weight excluding hydrogens is 2000 g/mol. The van der Waals surface area contributed by atoms with E-state index in [1.807, 2.05) is 43.4 Å². The van der Waals surface area contributed by atoms with Crippen LogP contribution in [0.5, 0.6) is 0 Å². The lowest BCUT2D eigenvalue weighted by Crippen LogP contribution is -2.46. The molecule has 0 spiro atoms. The maximum absolute atomic E-state index is 13.3. The number of nitrogens with one attached hydrogen (secondary N) is 3. The van der Waals surface area contributed by atoms with Gasteiger partial charge in [-0.05, 0) is 156 Å². The minimum absolute atomic E-state index is 0.0153. The van der Waals surface area contributed by atoms with Gasteiger partial charge in [0.15, 0.2) is 45.5 Å². The SMILES string of the molecule is CCN1Cc2c(Cl)cc(Cl)cc2C(c2cccc(S(=O)(=O)CCCOCCOCCOCCCC(=O)C(O)C(O)C(=O)NCCOCCOCCOCCNS(=O)(=O)c3cccc(C4CN(CC)Cc5c(Cl)cc(Cl)cc54)c3)c2)C1.CN1Cc2c(Cl)cc(Cl)cc2C(c2cccc(S(=O)(=O)NCCOCCOCCOCCN)c2)C1.O=C1CCC(=O)C1OC(=O)C(O)C(O)C(=O)ON1C(=O)CCC1=O. The van der Waals surface area contributed by atoms with Crippen LogP contribution in [-0.2, 0) is 140 Å². The number of imide groups is 1. The number of sulfonamides is 2. The number of ketones is 3. The van der Waals surface area contributed by atoms with Crippen LogP contribution in [0.1, 0.15) is 127 Å². The smallest absolute Gasteiger partial charge is 0.364 e. The summed E-state index contributed by atoms with van der Waals surface area (Å²) in [5.74, 6) is -8.13. The number of esters is 1. The van der Waals surface area contributed by atoms with Crippen LogP contribution in [-0.4, -0.2) is 334 Å². The number of nitrogens with two attached hydrogens (primary N) is 1. The van der Waals surface area contributed by atoms with Crippen molar-refractivity contribution in [3.8, 4) is 0 Å². The number of aliphatic hydroxyl groups excluding tert-OH is 4. The first-order valence-electron chi connectivity index (χ1n) is 45.3. The number of amides is 3. The number of Topliss-reactive ketones (excluding diaryl/α,β-unsaturated/α-hetero) is 3. The maximum atomic E-state index is 13.3. The van der Waals surface area contributed by atoms with E-state index in [-0.39, 0.29) is 187 Å². The first kappa shape index (κ1) is 115. The minimum atomic E-state index is -3.82. The Hall–Kier alpha value is -7.29. The third kappa shape index (κ3) is 35.6. The molecule has 1 saturated heterocycles. The number of carbonyl (C=O) groups is 8. The molecule has 1 saturated carbocycles. The van der Waals surface area contributed by atoms with Crippen molar-refractivity contribution in [3.05, 3.63) is 189 Å². The molecule has 7 unspecified atom stereocenters. The average molecular weight is 2120 g/mol. The number of fused-ring (bicyclic) bond motifs is 3. The molecule has 6 aromatic carbocycles. The highest BCUT2D eigenvalue weighted by atomic mass is 35.5. The van der Waals surface area contributed by atoms with E-state index in [0.717, 1.165) is 76.3 Å². The molecule has 9 N–H and O–H groups in total. The molecule has 4 heterocycles. The zero-order valence-electron chi connectivity index (χ0n) is 77.2. The van der Waals surface area contributed by atoms with Crippen molar-refractivity contribution in [1.29, 1.82) is 0 Å². The summed E-state index contributed by atoms with van der Waals surface area (Å²) in [7, 11) is -9.07. The highest BCUT2D eigenvalue weighted by molar-refractivity contribution is 7.91. The molecule has 766 valence electrons. The van der Waals surface area contributed by atoms with Gasteiger partial charge in [-0.3, -0.25) is 38.6 Å². The van der Waals surface area contributed by atoms with E-state index in [4.69, 9.17) is 118 Å². The van der Waals surface area contributed by atoms with E-state index >= 15 is 0 Å². The lowest BCUT2D eigenvalue weighted by atomic mass is 9.84. The monoisotopic (exact) mass is 2120 g/mol. The second-order valence-electron chi connectivity index (χ2n) is 32.7. The minimum Gasteiger partial charge on any atom is -0.444 e. The molecule has 0 aromatic heterocycles. The predicted octanol–water partition coefficient (Wildman–Crippen LogP) is 6.68. The molecule has 0 radical (unpaired) electrons. The zero-order valence-corrected chi connectivity index (χ0v) is 84.2. The van der Waals surface area contributed by atoms with Crippen LogP contribution in [0.25, 0.3) is 0 Å². The van der Waals surface area contributed by atoms with Crippen molar-refractivity contribution in [2.24, 2.45) is 5.73 Å². The Bertz CT molecular complexity index is 5210. The molecule has 37 nitrogen and oxygen atoms in total. The standard InChI is InChI=1S/C56H74Cl4N4O14S2.C24H33Cl2N3O5S.C13H13NO10/c1-3-63-35-47(45-31-41(57)33-51(59)49(45)37-63)39-9-5-11-43(29-39)79(69,70)28-8-17-74-21-25-77-24-20-73-16-7-13-53(65)54(66)55(67)56(68)61-14-18-75-22-26-78-27-23-76-19-15-62-80(71,72)44-12-6-10-40(30-44)48-36-64(4-2)38-50-46(48)32-42(58)34-52(50)60;1-29-16-22(21-14-19(25)15-24(26)23(21)17-29)18-3-2-4-20(13-18)35(30,31)28-6-8-33-10-12-34-11-9-32-7-5-27;15-5-1-2-6(16)11(5)23-12(21)9(19)10(20)13(22)24-14-7(17)3-4-8(14)18/h5-6,9-12,29-34,47-48,54-55,62,66-67H,3-4,7-8,13-28,35-38H2,1-2H3,(H,61,68);2-4,13-15,22,28H,5-12,16-17,27H2,1H3;9-11,19-20H,1-4H2. The molecule has 0 bridgehead atoms. The molecule has 6 aromatic rings. The molecule has 5 aliphatic rings. The fourth-order valence-corrected chi connectivity index (χ4v) is 20.6. The zero-order chi connectivity index (χ0) is 101. The topological polar surface area (TPSA) is 497 Å². The van der Waals surface area contributed by atoms with E-state index < -0.39 is 107 Å². The number of hydrogen-bond acceptors (Lipinski definition) is 33. The number of hydrogen-bond donors (Lipinski definition) is 8. The van der Waals surface area contributed by atoms with Crippen LogP contribution in [0.15, 0.2) is 124 Å². The average Bonchev–Trinajstić information content (AvgIpc) is 1.05. The summed E-state index contributed by atoms with van der Waals surface area (Å²) in [5, 5.41) is 45.6. The number of carbonyl (C=O) groups excluding carboxylic acids is 8. The van der Waals surface area contributed by atoms with Crippen LogP contribution in [0.3, 0.4) is 0 Å². The fraction of sp³-hybridized carbons (Fsp3) is 0.527. The second-order valence-corrected chi connectivity index (χ2v) is 40.9. The van der Waals surface area contributed by atoms with Crippen molar-refractivity contribution in [1.82, 2.24) is 34.5 Å². The van der Waals surface area contributed by atoms with Gasteiger partial charge < -0.3 is 88.6 Å². The summed E-state index contributed by atoms with van der Waals surface area (Å²) in [6.45, 7) is 15.8. The number of halogens is 6. The first-order valence-corrected chi connectivity index (χ1v) is 52.2. The van der Waals surface area contributed by atoms with E-state index in [1.165, 1.54) is 0 Å². The van der Waals surface area contributed by atoms with Gasteiger partial charge in [0.1, 0.15) is 6.10 Å². The number of nitrogens with zero attached hydrogens (tertiary/aromatic N) is 4. The molecule has 4 aliphatic heterocycles. The van der Waals surface area contributed by atoms with Crippen molar-refractivity contribution in [2.75, 3.05) is 191 Å². The van der Waals surface area contributed by atoms with Crippen LogP contribution >= 0.6 is 69.6 Å². The number of benzene rings is 6. The molecule has 7 atom stereocenters. The number of sulfone groups is 1. The maximum Gasteiger partial charge on any atom is 0.364 e. The summed E-state index contributed by atoms with van der Waals surface area (Å²) in [6.07, 6.45) is -10.6. The van der Waals surface area contributed by atoms with Gasteiger partial charge in [0.25, 0.3) is 17.7 Å². The first-order chi connectivity index (χ1) is 66.4. The van der Waals surface area contributed by atoms with Gasteiger partial charge in [-0.15, -0.1) is 5.06 Å². The third-order valence-corrected chi connectivity index (χ3v) is 29.1. The third-order valence-electron chi connectivity index (χ3n) is 22.8. The van der Waals surface area contributed by atoms with Crippen LogP contribution in [0, 0.1) is 0 Å². The Morgan fingerprint density at radius 3 is 1.24 bits per heavy atom. The Labute approximate surface area is 838 Å². The highest BCUT2D eigenvalue weighted by Crippen LogP contribution is 2.43. The summed E-state index contributed by atoms with van der Waals surface area (Å²) in [6, 6.07) is 31.9.